The van der Waals surface area contributed by atoms with E-state index in [0.29, 0.717) is 19.2 Å². The van der Waals surface area contributed by atoms with Crippen molar-refractivity contribution in [1.82, 2.24) is 10.2 Å². The molecule has 0 aliphatic carbocycles. The molecule has 0 saturated carbocycles. The van der Waals surface area contributed by atoms with Crippen LogP contribution in [0, 0.1) is 0 Å². The molecule has 0 spiro atoms. The number of piperidine rings is 1. The highest BCUT2D eigenvalue weighted by Gasteiger charge is 2.27. The molecule has 1 aromatic rings. The molecule has 1 aromatic carbocycles. The van der Waals surface area contributed by atoms with Crippen molar-refractivity contribution in [2.24, 2.45) is 0 Å². The number of benzene rings is 1. The number of nitrogens with one attached hydrogen (secondary N) is 1. The fourth-order valence-corrected chi connectivity index (χ4v) is 3.26. The number of ether oxygens (including phenoxy) is 2. The van der Waals surface area contributed by atoms with Gasteiger partial charge in [0.25, 0.3) is 0 Å². The van der Waals surface area contributed by atoms with Gasteiger partial charge in [-0.05, 0) is 64.8 Å². The zero-order chi connectivity index (χ0) is 17.2. The number of carbonyl (C=O) groups excluding carboxylic acids is 1. The number of hydrogen-bond donors (Lipinski definition) is 1. The van der Waals surface area contributed by atoms with Gasteiger partial charge in [0.1, 0.15) is 17.5 Å². The normalized spacial score (nSPS) is 18.9. The first kappa shape index (κ1) is 17.1. The number of amides is 1. The zero-order valence-corrected chi connectivity index (χ0v) is 14.9. The fraction of sp³-hybridized carbons (Fsp3) is 0.632. The van der Waals surface area contributed by atoms with Gasteiger partial charge in [-0.3, -0.25) is 0 Å². The Kier molecular flexibility index (Phi) is 4.99. The summed E-state index contributed by atoms with van der Waals surface area (Å²) in [5, 5.41) is 3.36. The van der Waals surface area contributed by atoms with E-state index in [0.717, 1.165) is 38.1 Å². The van der Waals surface area contributed by atoms with Gasteiger partial charge in [-0.2, -0.15) is 0 Å². The van der Waals surface area contributed by atoms with Crippen LogP contribution in [0.5, 0.6) is 5.75 Å². The lowest BCUT2D eigenvalue weighted by Crippen LogP contribution is -2.40. The molecule has 0 unspecified atom stereocenters. The minimum Gasteiger partial charge on any atom is -0.490 e. The standard InChI is InChI=1S/C19H28N2O3/c1-19(2,3)24-18(22)21-12-9-16-14(13-21)5-4-6-17(16)23-15-7-10-20-11-8-15/h4-6,15,20H,7-13H2,1-3H3. The summed E-state index contributed by atoms with van der Waals surface area (Å²) < 4.78 is 11.7. The molecule has 132 valence electrons. The molecular formula is C19H28N2O3. The van der Waals surface area contributed by atoms with Crippen LogP contribution in [-0.2, 0) is 17.7 Å². The lowest BCUT2D eigenvalue weighted by Gasteiger charge is -2.32. The van der Waals surface area contributed by atoms with E-state index in [9.17, 15) is 4.79 Å². The molecule has 5 nitrogen and oxygen atoms in total. The van der Waals surface area contributed by atoms with Crippen LogP contribution >= 0.6 is 0 Å². The summed E-state index contributed by atoms with van der Waals surface area (Å²) in [6, 6.07) is 6.17. The minimum absolute atomic E-state index is 0.238. The molecule has 0 radical (unpaired) electrons. The molecule has 2 aliphatic rings. The highest BCUT2D eigenvalue weighted by Crippen LogP contribution is 2.30. The maximum atomic E-state index is 12.3. The van der Waals surface area contributed by atoms with Gasteiger partial charge in [0.2, 0.25) is 0 Å². The van der Waals surface area contributed by atoms with Gasteiger partial charge in [0.05, 0.1) is 0 Å². The van der Waals surface area contributed by atoms with Gasteiger partial charge >= 0.3 is 6.09 Å². The predicted octanol–water partition coefficient (Wildman–Crippen LogP) is 3.11. The Labute approximate surface area is 144 Å². The first-order valence-electron chi connectivity index (χ1n) is 8.88. The van der Waals surface area contributed by atoms with Gasteiger partial charge in [0, 0.05) is 18.7 Å². The van der Waals surface area contributed by atoms with Gasteiger partial charge < -0.3 is 19.7 Å². The van der Waals surface area contributed by atoms with Crippen molar-refractivity contribution in [3.05, 3.63) is 29.3 Å². The third kappa shape index (κ3) is 4.20. The van der Waals surface area contributed by atoms with E-state index in [1.807, 2.05) is 26.8 Å². The summed E-state index contributed by atoms with van der Waals surface area (Å²) in [4.78, 5) is 14.1. The van der Waals surface area contributed by atoms with Crippen molar-refractivity contribution in [2.45, 2.75) is 58.3 Å². The zero-order valence-electron chi connectivity index (χ0n) is 14.9. The van der Waals surface area contributed by atoms with Gasteiger partial charge in [-0.25, -0.2) is 4.79 Å². The van der Waals surface area contributed by atoms with Crippen molar-refractivity contribution >= 4 is 6.09 Å². The molecule has 5 heteroatoms. The second-order valence-corrected chi connectivity index (χ2v) is 7.61. The molecule has 2 aliphatic heterocycles. The van der Waals surface area contributed by atoms with Crippen molar-refractivity contribution < 1.29 is 14.3 Å². The Hall–Kier alpha value is -1.75. The lowest BCUT2D eigenvalue weighted by molar-refractivity contribution is 0.0222. The maximum absolute atomic E-state index is 12.3. The number of fused-ring (bicyclic) bond motifs is 1. The van der Waals surface area contributed by atoms with Gasteiger partial charge in [-0.1, -0.05) is 12.1 Å². The maximum Gasteiger partial charge on any atom is 0.410 e. The van der Waals surface area contributed by atoms with Crippen LogP contribution in [0.3, 0.4) is 0 Å². The molecule has 1 amide bonds. The van der Waals surface area contributed by atoms with Gasteiger partial charge in [0.15, 0.2) is 0 Å². The second kappa shape index (κ2) is 7.01. The third-order valence-electron chi connectivity index (χ3n) is 4.45. The molecule has 3 rings (SSSR count). The Morgan fingerprint density at radius 3 is 2.71 bits per heavy atom. The number of nitrogens with zero attached hydrogens (tertiary/aromatic N) is 1. The van der Waals surface area contributed by atoms with Crippen LogP contribution in [0.4, 0.5) is 4.79 Å². The van der Waals surface area contributed by atoms with Gasteiger partial charge in [-0.15, -0.1) is 0 Å². The Balaban J connectivity index is 1.69. The second-order valence-electron chi connectivity index (χ2n) is 7.61. The van der Waals surface area contributed by atoms with E-state index in [-0.39, 0.29) is 6.09 Å². The smallest absolute Gasteiger partial charge is 0.410 e. The Morgan fingerprint density at radius 1 is 1.25 bits per heavy atom. The molecule has 2 heterocycles. The monoisotopic (exact) mass is 332 g/mol. The van der Waals surface area contributed by atoms with Crippen LogP contribution in [0.25, 0.3) is 0 Å². The fourth-order valence-electron chi connectivity index (χ4n) is 3.26. The predicted molar refractivity (Wildman–Crippen MR) is 93.3 cm³/mol. The summed E-state index contributed by atoms with van der Waals surface area (Å²) in [6.45, 7) is 9.00. The lowest BCUT2D eigenvalue weighted by atomic mass is 9.98. The van der Waals surface area contributed by atoms with Crippen LogP contribution in [0.1, 0.15) is 44.7 Å². The van der Waals surface area contributed by atoms with E-state index in [2.05, 4.69) is 17.4 Å². The van der Waals surface area contributed by atoms with E-state index in [1.165, 1.54) is 11.1 Å². The van der Waals surface area contributed by atoms with Crippen molar-refractivity contribution in [1.29, 1.82) is 0 Å². The van der Waals surface area contributed by atoms with Crippen molar-refractivity contribution in [3.63, 3.8) is 0 Å². The summed E-state index contributed by atoms with van der Waals surface area (Å²) in [5.74, 6) is 0.989. The van der Waals surface area contributed by atoms with Crippen LogP contribution < -0.4 is 10.1 Å². The highest BCUT2D eigenvalue weighted by atomic mass is 16.6. The number of hydrogen-bond acceptors (Lipinski definition) is 4. The first-order chi connectivity index (χ1) is 11.4. The van der Waals surface area contributed by atoms with Crippen LogP contribution in [-0.4, -0.2) is 42.3 Å². The quantitative estimate of drug-likeness (QED) is 0.904. The first-order valence-corrected chi connectivity index (χ1v) is 8.88. The third-order valence-corrected chi connectivity index (χ3v) is 4.45. The molecule has 0 aromatic heterocycles. The topological polar surface area (TPSA) is 50.8 Å². The summed E-state index contributed by atoms with van der Waals surface area (Å²) in [6.07, 6.45) is 2.97. The van der Waals surface area contributed by atoms with E-state index in [1.54, 1.807) is 4.90 Å². The minimum atomic E-state index is -0.461. The molecule has 24 heavy (non-hydrogen) atoms. The Bertz CT molecular complexity index is 589. The van der Waals surface area contributed by atoms with Crippen molar-refractivity contribution in [3.8, 4) is 5.75 Å². The number of rotatable bonds is 2. The SMILES string of the molecule is CC(C)(C)OC(=O)N1CCc2c(cccc2OC2CCNCC2)C1. The number of carbonyl (C=O) groups is 1. The summed E-state index contributed by atoms with van der Waals surface area (Å²) >= 11 is 0. The molecule has 0 atom stereocenters. The Morgan fingerprint density at radius 2 is 2.00 bits per heavy atom. The molecule has 1 saturated heterocycles. The molecule has 0 bridgehead atoms. The summed E-state index contributed by atoms with van der Waals surface area (Å²) in [5.41, 5.74) is 1.95. The average Bonchev–Trinajstić information content (AvgIpc) is 2.54. The van der Waals surface area contributed by atoms with Crippen molar-refractivity contribution in [2.75, 3.05) is 19.6 Å². The van der Waals surface area contributed by atoms with E-state index >= 15 is 0 Å². The van der Waals surface area contributed by atoms with E-state index < -0.39 is 5.60 Å². The average molecular weight is 332 g/mol. The largest absolute Gasteiger partial charge is 0.490 e. The van der Waals surface area contributed by atoms with Crippen LogP contribution in [0.15, 0.2) is 18.2 Å². The van der Waals surface area contributed by atoms with Crippen LogP contribution in [0.2, 0.25) is 0 Å². The van der Waals surface area contributed by atoms with E-state index in [4.69, 9.17) is 9.47 Å². The molecule has 1 fully saturated rings. The molecular weight excluding hydrogens is 304 g/mol. The highest BCUT2D eigenvalue weighted by molar-refractivity contribution is 5.69. The molecule has 1 N–H and O–H groups in total. The summed E-state index contributed by atoms with van der Waals surface area (Å²) in [7, 11) is 0.